The van der Waals surface area contributed by atoms with E-state index in [9.17, 15) is 18.0 Å². The Morgan fingerprint density at radius 2 is 1.44 bits per heavy atom. The van der Waals surface area contributed by atoms with E-state index in [0.717, 1.165) is 28.9 Å². The average Bonchev–Trinajstić information content (AvgIpc) is 3.00. The van der Waals surface area contributed by atoms with Gasteiger partial charge in [0, 0.05) is 19.5 Å². The number of amides is 2. The first-order valence-corrected chi connectivity index (χ1v) is 15.5. The smallest absolute Gasteiger partial charge is 0.294 e. The van der Waals surface area contributed by atoms with Gasteiger partial charge >= 0.3 is 0 Å². The molecule has 4 aromatic rings. The van der Waals surface area contributed by atoms with E-state index in [0.29, 0.717) is 25.9 Å². The van der Waals surface area contributed by atoms with Crippen molar-refractivity contribution in [2.45, 2.75) is 30.7 Å². The summed E-state index contributed by atoms with van der Waals surface area (Å²) in [6.45, 7) is 3.03. The summed E-state index contributed by atoms with van der Waals surface area (Å²) < 4.78 is 29.6. The minimum Gasteiger partial charge on any atom is -0.308 e. The summed E-state index contributed by atoms with van der Waals surface area (Å²) in [4.78, 5) is 30.7. The number of benzene rings is 4. The molecular weight excluding hydrogens is 562 g/mol. The molecule has 5 rings (SSSR count). The summed E-state index contributed by atoms with van der Waals surface area (Å²) in [5, 5.41) is 0. The predicted molar refractivity (Wildman–Crippen MR) is 171 cm³/mol. The summed E-state index contributed by atoms with van der Waals surface area (Å²) in [6.07, 6.45) is 1.99. The van der Waals surface area contributed by atoms with Crippen LogP contribution in [0.25, 0.3) is 11.1 Å². The molecule has 0 fully saturated rings. The highest BCUT2D eigenvalue weighted by molar-refractivity contribution is 7.85. The molecule has 1 N–H and O–H groups in total. The number of nitrogens with zero attached hydrogens (tertiary/aromatic N) is 3. The third kappa shape index (κ3) is 8.38. The third-order valence-electron chi connectivity index (χ3n) is 7.24. The van der Waals surface area contributed by atoms with Gasteiger partial charge < -0.3 is 14.7 Å². The number of hydrogen-bond acceptors (Lipinski definition) is 5. The van der Waals surface area contributed by atoms with Gasteiger partial charge in [0.25, 0.3) is 10.1 Å². The van der Waals surface area contributed by atoms with Gasteiger partial charge in [0.2, 0.25) is 12.3 Å². The van der Waals surface area contributed by atoms with Crippen LogP contribution in [0.15, 0.2) is 108 Å². The maximum atomic E-state index is 13.3. The molecule has 1 unspecified atom stereocenters. The van der Waals surface area contributed by atoms with Gasteiger partial charge in [0.05, 0.1) is 22.3 Å². The van der Waals surface area contributed by atoms with Crippen molar-refractivity contribution in [1.29, 1.82) is 0 Å². The summed E-state index contributed by atoms with van der Waals surface area (Å²) >= 11 is 0. The van der Waals surface area contributed by atoms with Gasteiger partial charge in [-0.25, -0.2) is 0 Å². The first-order chi connectivity index (χ1) is 20.6. The van der Waals surface area contributed by atoms with Crippen molar-refractivity contribution in [2.24, 2.45) is 0 Å². The normalized spacial score (nSPS) is 14.5. The first kappa shape index (κ1) is 31.6. The molecule has 1 aliphatic heterocycles. The van der Waals surface area contributed by atoms with Crippen LogP contribution in [0, 0.1) is 6.92 Å². The fraction of sp³-hybridized carbons (Fsp3) is 0.235. The number of para-hydroxylation sites is 2. The average molecular weight is 600 g/mol. The fourth-order valence-electron chi connectivity index (χ4n) is 5.04. The number of aryl methyl sites for hydroxylation is 2. The molecule has 4 aromatic carbocycles. The minimum atomic E-state index is -4.02. The summed E-state index contributed by atoms with van der Waals surface area (Å²) in [5.41, 5.74) is 6.05. The van der Waals surface area contributed by atoms with Crippen molar-refractivity contribution in [1.82, 2.24) is 4.90 Å². The van der Waals surface area contributed by atoms with Crippen molar-refractivity contribution in [3.63, 3.8) is 0 Å². The van der Waals surface area contributed by atoms with Crippen LogP contribution < -0.4 is 9.80 Å². The van der Waals surface area contributed by atoms with E-state index >= 15 is 0 Å². The van der Waals surface area contributed by atoms with Crippen molar-refractivity contribution < 1.29 is 22.6 Å². The molecular formula is C34H37N3O5S. The van der Waals surface area contributed by atoms with E-state index in [1.807, 2.05) is 73.3 Å². The topological polar surface area (TPSA) is 98.2 Å². The molecule has 8 nitrogen and oxygen atoms in total. The molecule has 2 amide bonds. The maximum absolute atomic E-state index is 13.3. The van der Waals surface area contributed by atoms with E-state index in [1.54, 1.807) is 17.0 Å². The number of carbonyl (C=O) groups excluding carboxylic acids is 2. The van der Waals surface area contributed by atoms with Gasteiger partial charge in [-0.2, -0.15) is 8.42 Å². The Morgan fingerprint density at radius 3 is 2.02 bits per heavy atom. The number of hydrogen-bond donors (Lipinski definition) is 1. The Labute approximate surface area is 253 Å². The number of anilines is 2. The van der Waals surface area contributed by atoms with Crippen LogP contribution in [0.5, 0.6) is 0 Å². The second-order valence-corrected chi connectivity index (χ2v) is 12.2. The van der Waals surface area contributed by atoms with Gasteiger partial charge in [0.1, 0.15) is 0 Å². The maximum Gasteiger partial charge on any atom is 0.294 e. The second kappa shape index (κ2) is 14.2. The Hall–Kier alpha value is -4.31. The quantitative estimate of drug-likeness (QED) is 0.213. The van der Waals surface area contributed by atoms with Crippen LogP contribution in [0.4, 0.5) is 11.4 Å². The van der Waals surface area contributed by atoms with Crippen LogP contribution in [-0.4, -0.2) is 63.4 Å². The van der Waals surface area contributed by atoms with Crippen LogP contribution >= 0.6 is 0 Å². The molecule has 0 aliphatic carbocycles. The van der Waals surface area contributed by atoms with Crippen LogP contribution in [0.1, 0.15) is 17.5 Å². The molecule has 0 aromatic heterocycles. The molecule has 224 valence electrons. The van der Waals surface area contributed by atoms with Crippen LogP contribution in [-0.2, 0) is 26.1 Å². The second-order valence-electron chi connectivity index (χ2n) is 10.8. The van der Waals surface area contributed by atoms with Crippen molar-refractivity contribution in [2.75, 3.05) is 37.0 Å². The lowest BCUT2D eigenvalue weighted by Crippen LogP contribution is -2.54. The van der Waals surface area contributed by atoms with Gasteiger partial charge in [-0.3, -0.25) is 14.1 Å². The molecule has 0 saturated carbocycles. The highest BCUT2D eigenvalue weighted by Crippen LogP contribution is 2.35. The monoisotopic (exact) mass is 599 g/mol. The lowest BCUT2D eigenvalue weighted by Gasteiger charge is -2.41. The summed E-state index contributed by atoms with van der Waals surface area (Å²) in [7, 11) is -0.0578. The first-order valence-electron chi connectivity index (χ1n) is 14.0. The Balaban J connectivity index is 0.000000324. The zero-order chi connectivity index (χ0) is 31.0. The number of likely N-dealkylation sites (N-methyl/N-ethyl adjacent to an activating group) is 1. The zero-order valence-corrected chi connectivity index (χ0v) is 25.4. The van der Waals surface area contributed by atoms with Crippen LogP contribution in [0.2, 0.25) is 0 Å². The van der Waals surface area contributed by atoms with Gasteiger partial charge in [-0.1, -0.05) is 84.4 Å². The highest BCUT2D eigenvalue weighted by Gasteiger charge is 2.33. The SMILES string of the molecule is CN(C)CC1CN(C(=O)CCc2ccc(-c3ccccc3)cc2)c2ccccc2N1C=O.Cc1ccc(S(=O)(=O)O)cc1. The van der Waals surface area contributed by atoms with E-state index in [1.165, 1.54) is 23.3 Å². The lowest BCUT2D eigenvalue weighted by molar-refractivity contribution is -0.119. The summed E-state index contributed by atoms with van der Waals surface area (Å²) in [6, 6.07) is 32.3. The largest absolute Gasteiger partial charge is 0.308 e. The molecule has 0 radical (unpaired) electrons. The van der Waals surface area contributed by atoms with E-state index < -0.39 is 10.1 Å². The number of carbonyl (C=O) groups is 2. The molecule has 1 atom stereocenters. The molecule has 0 bridgehead atoms. The highest BCUT2D eigenvalue weighted by atomic mass is 32.2. The van der Waals surface area contributed by atoms with E-state index in [-0.39, 0.29) is 16.8 Å². The molecule has 0 saturated heterocycles. The lowest BCUT2D eigenvalue weighted by atomic mass is 10.0. The number of rotatable bonds is 8. The van der Waals surface area contributed by atoms with Crippen molar-refractivity contribution >= 4 is 33.8 Å². The molecule has 9 heteroatoms. The standard InChI is InChI=1S/C27H29N3O2.C7H8O3S/c1-28(2)18-24-19-29(25-10-6-7-11-26(25)30(24)20-31)27(32)17-14-21-12-15-23(16-13-21)22-8-4-3-5-9-22;1-6-2-4-7(5-3-6)11(8,9)10/h3-13,15-16,20,24H,14,17-19H2,1-2H3;2-5H,1H3,(H,8,9,10). The zero-order valence-electron chi connectivity index (χ0n) is 24.6. The molecule has 43 heavy (non-hydrogen) atoms. The van der Waals surface area contributed by atoms with Crippen LogP contribution in [0.3, 0.4) is 0 Å². The Kier molecular flexibility index (Phi) is 10.5. The van der Waals surface area contributed by atoms with E-state index in [2.05, 4.69) is 36.4 Å². The molecule has 1 heterocycles. The van der Waals surface area contributed by atoms with E-state index in [4.69, 9.17) is 4.55 Å². The predicted octanol–water partition coefficient (Wildman–Crippen LogP) is 5.47. The summed E-state index contributed by atoms with van der Waals surface area (Å²) in [5.74, 6) is 0.0823. The third-order valence-corrected chi connectivity index (χ3v) is 8.10. The van der Waals surface area contributed by atoms with Gasteiger partial charge in [0.15, 0.2) is 0 Å². The van der Waals surface area contributed by atoms with Gasteiger partial charge in [-0.05, 0) is 68.4 Å². The molecule has 0 spiro atoms. The Morgan fingerprint density at radius 1 is 0.860 bits per heavy atom. The Bertz CT molecular complexity index is 1620. The fourth-order valence-corrected chi connectivity index (χ4v) is 5.52. The number of fused-ring (bicyclic) bond motifs is 1. The minimum absolute atomic E-state index is 0.0666. The van der Waals surface area contributed by atoms with Gasteiger partial charge in [-0.15, -0.1) is 0 Å². The van der Waals surface area contributed by atoms with Crippen molar-refractivity contribution in [3.8, 4) is 11.1 Å². The molecule has 1 aliphatic rings. The van der Waals surface area contributed by atoms with Crippen molar-refractivity contribution in [3.05, 3.63) is 114 Å².